The highest BCUT2D eigenvalue weighted by atomic mass is 35.5. The molecule has 0 spiro atoms. The van der Waals surface area contributed by atoms with Gasteiger partial charge >= 0.3 is 0 Å². The monoisotopic (exact) mass is 411 g/mol. The number of nitrogens with zero attached hydrogens (tertiary/aromatic N) is 1. The summed E-state index contributed by atoms with van der Waals surface area (Å²) in [5.41, 5.74) is 5.03. The summed E-state index contributed by atoms with van der Waals surface area (Å²) in [6, 6.07) is 11.7. The highest BCUT2D eigenvalue weighted by Gasteiger charge is 2.27. The van der Waals surface area contributed by atoms with Gasteiger partial charge in [0.1, 0.15) is 5.58 Å². The van der Waals surface area contributed by atoms with Crippen molar-refractivity contribution in [1.82, 2.24) is 4.90 Å². The number of furan rings is 1. The van der Waals surface area contributed by atoms with Crippen LogP contribution in [0.4, 0.5) is 0 Å². The second kappa shape index (κ2) is 8.21. The normalized spacial score (nSPS) is 16.5. The van der Waals surface area contributed by atoms with Gasteiger partial charge in [0.15, 0.2) is 5.76 Å². The molecule has 1 fully saturated rings. The zero-order valence-electron chi connectivity index (χ0n) is 17.1. The van der Waals surface area contributed by atoms with Crippen molar-refractivity contribution in [3.63, 3.8) is 0 Å². The lowest BCUT2D eigenvalue weighted by molar-refractivity contribution is 0.0485. The number of aryl methyl sites for hydroxylation is 3. The van der Waals surface area contributed by atoms with E-state index in [1.54, 1.807) is 0 Å². The average molecular weight is 412 g/mol. The molecule has 0 unspecified atom stereocenters. The second-order valence-corrected chi connectivity index (χ2v) is 8.37. The molecule has 0 aliphatic carbocycles. The summed E-state index contributed by atoms with van der Waals surface area (Å²) < 4.78 is 11.8. The Bertz CT molecular complexity index is 1030. The SMILES string of the molecule is Cc1cc2oc(C(=O)N(Cc3ccc(Cl)cc3)C[C@@H]3CCCO3)c(C)c2cc1C. The lowest BCUT2D eigenvalue weighted by Gasteiger charge is -2.25. The lowest BCUT2D eigenvalue weighted by atomic mass is 10.0. The van der Waals surface area contributed by atoms with Crippen molar-refractivity contribution in [2.45, 2.75) is 46.3 Å². The van der Waals surface area contributed by atoms with Crippen LogP contribution in [0.25, 0.3) is 11.0 Å². The number of rotatable bonds is 5. The second-order valence-electron chi connectivity index (χ2n) is 7.94. The molecule has 0 bridgehead atoms. The van der Waals surface area contributed by atoms with Crippen molar-refractivity contribution in [1.29, 1.82) is 0 Å². The third kappa shape index (κ3) is 4.19. The number of amides is 1. The van der Waals surface area contributed by atoms with E-state index in [4.69, 9.17) is 20.8 Å². The van der Waals surface area contributed by atoms with Crippen molar-refractivity contribution in [3.05, 3.63) is 69.4 Å². The van der Waals surface area contributed by atoms with Crippen molar-refractivity contribution in [3.8, 4) is 0 Å². The van der Waals surface area contributed by atoms with Crippen LogP contribution in [-0.4, -0.2) is 30.1 Å². The largest absolute Gasteiger partial charge is 0.451 e. The van der Waals surface area contributed by atoms with Gasteiger partial charge in [-0.15, -0.1) is 0 Å². The highest BCUT2D eigenvalue weighted by molar-refractivity contribution is 6.30. The highest BCUT2D eigenvalue weighted by Crippen LogP contribution is 2.29. The molecule has 0 N–H and O–H groups in total. The summed E-state index contributed by atoms with van der Waals surface area (Å²) in [5, 5.41) is 1.68. The minimum Gasteiger partial charge on any atom is -0.451 e. The molecule has 2 aromatic carbocycles. The van der Waals surface area contributed by atoms with Gasteiger partial charge in [0.05, 0.1) is 6.10 Å². The Morgan fingerprint density at radius 1 is 1.14 bits per heavy atom. The van der Waals surface area contributed by atoms with Gasteiger partial charge in [0.25, 0.3) is 5.91 Å². The van der Waals surface area contributed by atoms with Gasteiger partial charge < -0.3 is 14.1 Å². The first-order valence-corrected chi connectivity index (χ1v) is 10.5. The van der Waals surface area contributed by atoms with E-state index in [1.807, 2.05) is 42.2 Å². The molecule has 1 aliphatic heterocycles. The Morgan fingerprint density at radius 2 is 1.86 bits per heavy atom. The van der Waals surface area contributed by atoms with Crippen molar-refractivity contribution < 1.29 is 13.9 Å². The number of hydrogen-bond donors (Lipinski definition) is 0. The smallest absolute Gasteiger partial charge is 0.290 e. The van der Waals surface area contributed by atoms with Gasteiger partial charge in [-0.05, 0) is 74.6 Å². The molecule has 1 saturated heterocycles. The van der Waals surface area contributed by atoms with Gasteiger partial charge in [-0.2, -0.15) is 0 Å². The van der Waals surface area contributed by atoms with Crippen LogP contribution in [0.5, 0.6) is 0 Å². The number of carbonyl (C=O) groups is 1. The average Bonchev–Trinajstić information content (AvgIpc) is 3.32. The number of hydrogen-bond acceptors (Lipinski definition) is 3. The van der Waals surface area contributed by atoms with E-state index in [1.165, 1.54) is 5.56 Å². The fourth-order valence-corrected chi connectivity index (χ4v) is 4.01. The Kier molecular flexibility index (Phi) is 5.66. The first kappa shape index (κ1) is 20.0. The molecular weight excluding hydrogens is 386 g/mol. The van der Waals surface area contributed by atoms with Gasteiger partial charge in [0, 0.05) is 35.7 Å². The number of halogens is 1. The first-order valence-electron chi connectivity index (χ1n) is 10.1. The van der Waals surface area contributed by atoms with Crippen LogP contribution in [0.2, 0.25) is 5.02 Å². The molecule has 0 radical (unpaired) electrons. The van der Waals surface area contributed by atoms with E-state index in [-0.39, 0.29) is 12.0 Å². The van der Waals surface area contributed by atoms with E-state index < -0.39 is 0 Å². The van der Waals surface area contributed by atoms with Crippen molar-refractivity contribution in [2.24, 2.45) is 0 Å². The summed E-state index contributed by atoms with van der Waals surface area (Å²) in [5.74, 6) is 0.316. The molecule has 0 saturated carbocycles. The molecule has 1 amide bonds. The number of benzene rings is 2. The van der Waals surface area contributed by atoms with Gasteiger partial charge in [-0.1, -0.05) is 23.7 Å². The zero-order valence-corrected chi connectivity index (χ0v) is 17.9. The van der Waals surface area contributed by atoms with Crippen LogP contribution in [0, 0.1) is 20.8 Å². The molecule has 152 valence electrons. The maximum Gasteiger partial charge on any atom is 0.290 e. The fraction of sp³-hybridized carbons (Fsp3) is 0.375. The van der Waals surface area contributed by atoms with Crippen LogP contribution in [0.1, 0.15) is 45.7 Å². The van der Waals surface area contributed by atoms with Crippen LogP contribution in [0.15, 0.2) is 40.8 Å². The molecule has 3 aromatic rings. The van der Waals surface area contributed by atoms with E-state index in [0.717, 1.165) is 47.1 Å². The predicted molar refractivity (Wildman–Crippen MR) is 116 cm³/mol. The molecular formula is C24H26ClNO3. The molecule has 5 heteroatoms. The zero-order chi connectivity index (χ0) is 20.5. The fourth-order valence-electron chi connectivity index (χ4n) is 3.89. The van der Waals surface area contributed by atoms with E-state index >= 15 is 0 Å². The molecule has 1 aromatic heterocycles. The van der Waals surface area contributed by atoms with Gasteiger partial charge in [-0.25, -0.2) is 0 Å². The van der Waals surface area contributed by atoms with Crippen LogP contribution < -0.4 is 0 Å². The predicted octanol–water partition coefficient (Wildman–Crippen LogP) is 5.83. The third-order valence-corrected chi connectivity index (χ3v) is 6.02. The van der Waals surface area contributed by atoms with Gasteiger partial charge in [0.2, 0.25) is 0 Å². The minimum atomic E-state index is -0.0977. The quantitative estimate of drug-likeness (QED) is 0.530. The number of ether oxygens (including phenoxy) is 1. The van der Waals surface area contributed by atoms with E-state index in [9.17, 15) is 4.79 Å². The Balaban J connectivity index is 1.67. The van der Waals surface area contributed by atoms with Crippen LogP contribution >= 0.6 is 11.6 Å². The Labute approximate surface area is 176 Å². The molecule has 4 rings (SSSR count). The summed E-state index contributed by atoms with van der Waals surface area (Å²) in [7, 11) is 0. The molecule has 2 heterocycles. The molecule has 4 nitrogen and oxygen atoms in total. The maximum atomic E-state index is 13.5. The van der Waals surface area contributed by atoms with Crippen molar-refractivity contribution in [2.75, 3.05) is 13.2 Å². The van der Waals surface area contributed by atoms with Crippen LogP contribution in [-0.2, 0) is 11.3 Å². The minimum absolute atomic E-state index is 0.0698. The summed E-state index contributed by atoms with van der Waals surface area (Å²) in [6.45, 7) is 7.89. The number of fused-ring (bicyclic) bond motifs is 1. The van der Waals surface area contributed by atoms with Crippen molar-refractivity contribution >= 4 is 28.5 Å². The lowest BCUT2D eigenvalue weighted by Crippen LogP contribution is -2.37. The molecule has 1 atom stereocenters. The molecule has 1 aliphatic rings. The number of carbonyl (C=O) groups excluding carboxylic acids is 1. The third-order valence-electron chi connectivity index (χ3n) is 5.77. The summed E-state index contributed by atoms with van der Waals surface area (Å²) in [6.07, 6.45) is 2.08. The van der Waals surface area contributed by atoms with E-state index in [0.29, 0.717) is 23.9 Å². The standard InChI is InChI=1S/C24H26ClNO3/c1-15-11-21-17(3)23(29-22(21)12-16(15)2)24(27)26(14-20-5-4-10-28-20)13-18-6-8-19(25)9-7-18/h6-9,11-12,20H,4-5,10,13-14H2,1-3H3/t20-/m0/s1. The Morgan fingerprint density at radius 3 is 2.55 bits per heavy atom. The first-order chi connectivity index (χ1) is 13.9. The van der Waals surface area contributed by atoms with Gasteiger partial charge in [-0.3, -0.25) is 4.79 Å². The van der Waals surface area contributed by atoms with Crippen LogP contribution in [0.3, 0.4) is 0 Å². The maximum absolute atomic E-state index is 13.5. The summed E-state index contributed by atoms with van der Waals surface area (Å²) >= 11 is 6.02. The topological polar surface area (TPSA) is 42.7 Å². The molecule has 29 heavy (non-hydrogen) atoms. The van der Waals surface area contributed by atoms with E-state index in [2.05, 4.69) is 19.9 Å². The summed E-state index contributed by atoms with van der Waals surface area (Å²) in [4.78, 5) is 15.4. The Hall–Kier alpha value is -2.30.